The lowest BCUT2D eigenvalue weighted by Gasteiger charge is -2.37. The van der Waals surface area contributed by atoms with E-state index in [0.29, 0.717) is 49.4 Å². The number of ether oxygens (including phenoxy) is 4. The van der Waals surface area contributed by atoms with Gasteiger partial charge in [-0.05, 0) is 61.6 Å². The summed E-state index contributed by atoms with van der Waals surface area (Å²) in [6.07, 6.45) is 2.00. The fourth-order valence-corrected chi connectivity index (χ4v) is 12.8. The summed E-state index contributed by atoms with van der Waals surface area (Å²) in [6.45, 7) is 8.13. The van der Waals surface area contributed by atoms with Crippen LogP contribution in [-0.2, 0) is 34.2 Å². The summed E-state index contributed by atoms with van der Waals surface area (Å²) in [5.41, 5.74) is 0.420. The number of methoxy groups -OCH3 is 2. The minimum absolute atomic E-state index is 0.0831. The molecule has 2 aromatic rings. The summed E-state index contributed by atoms with van der Waals surface area (Å²) in [5.74, 6) is -0.181. The highest BCUT2D eigenvalue weighted by Crippen LogP contribution is 2.60. The van der Waals surface area contributed by atoms with Crippen LogP contribution in [-0.4, -0.2) is 101 Å². The predicted molar refractivity (Wildman–Crippen MR) is 189 cm³/mol. The van der Waals surface area contributed by atoms with Gasteiger partial charge >= 0.3 is 12.1 Å². The molecule has 3 fully saturated rings. The maximum Gasteiger partial charge on any atom is 0.414 e. The molecule has 4 aliphatic heterocycles. The summed E-state index contributed by atoms with van der Waals surface area (Å²) in [4.78, 5) is 58.6. The molecule has 4 aliphatic rings. The maximum absolute atomic E-state index is 15.0. The van der Waals surface area contributed by atoms with Crippen LogP contribution in [0.3, 0.4) is 0 Å². The van der Waals surface area contributed by atoms with E-state index in [1.165, 1.54) is 7.11 Å². The van der Waals surface area contributed by atoms with Crippen LogP contribution in [0.1, 0.15) is 51.0 Å². The number of esters is 1. The lowest BCUT2D eigenvalue weighted by atomic mass is 9.82. The molecular weight excluding hydrogens is 659 g/mol. The van der Waals surface area contributed by atoms with Crippen molar-refractivity contribution in [3.8, 4) is 5.75 Å². The Hall–Kier alpha value is -3.94. The third-order valence-corrected chi connectivity index (χ3v) is 15.8. The zero-order chi connectivity index (χ0) is 35.8. The Morgan fingerprint density at radius 3 is 2.48 bits per heavy atom. The minimum Gasteiger partial charge on any atom is -0.497 e. The monoisotopic (exact) mass is 707 g/mol. The number of fused-ring (bicyclic) bond motifs is 2. The molecule has 13 heteroatoms. The smallest absolute Gasteiger partial charge is 0.414 e. The number of carbonyl (C=O) groups excluding carboxylic acids is 4. The van der Waals surface area contributed by atoms with Crippen LogP contribution >= 0.6 is 0 Å². The molecule has 3 saturated heterocycles. The van der Waals surface area contributed by atoms with Crippen LogP contribution in [0.15, 0.2) is 42.5 Å². The highest BCUT2D eigenvalue weighted by atomic mass is 28.3. The SMILES string of the molecule is COC(=O)CCCCN1C(=O)[C@]2(O[C@H](CC(=O)N3CCC[C@H]3CO)[C@@H]([Si](C)(C)c3ccc(OC)cc3)[C@@H]2C)c2cc(N3CCOC3=O)ccc21. The first-order valence-corrected chi connectivity index (χ1v) is 20.8. The lowest BCUT2D eigenvalue weighted by molar-refractivity contribution is -0.150. The number of benzene rings is 2. The average molecular weight is 708 g/mol. The molecule has 270 valence electrons. The van der Waals surface area contributed by atoms with Gasteiger partial charge in [-0.3, -0.25) is 19.3 Å². The molecule has 1 spiro atoms. The second-order valence-corrected chi connectivity index (χ2v) is 19.1. The Kier molecular flexibility index (Phi) is 10.3. The normalized spacial score (nSPS) is 26.2. The van der Waals surface area contributed by atoms with Crippen LogP contribution < -0.4 is 19.7 Å². The Morgan fingerprint density at radius 2 is 1.82 bits per heavy atom. The number of unbranched alkanes of at least 4 members (excludes halogenated alkanes) is 1. The molecule has 1 N–H and O–H groups in total. The zero-order valence-corrected chi connectivity index (χ0v) is 30.7. The van der Waals surface area contributed by atoms with Crippen molar-refractivity contribution >= 4 is 48.5 Å². The first-order chi connectivity index (χ1) is 24.0. The second kappa shape index (κ2) is 14.4. The largest absolute Gasteiger partial charge is 0.497 e. The maximum atomic E-state index is 15.0. The summed E-state index contributed by atoms with van der Waals surface area (Å²) >= 11 is 0. The van der Waals surface area contributed by atoms with Gasteiger partial charge in [0, 0.05) is 36.7 Å². The van der Waals surface area contributed by atoms with Gasteiger partial charge in [-0.15, -0.1) is 0 Å². The first-order valence-electron chi connectivity index (χ1n) is 17.7. The molecule has 12 nitrogen and oxygen atoms in total. The Balaban J connectivity index is 1.43. The van der Waals surface area contributed by atoms with Gasteiger partial charge in [-0.2, -0.15) is 0 Å². The minimum atomic E-state index is -2.51. The highest BCUT2D eigenvalue weighted by molar-refractivity contribution is 6.91. The standard InChI is InChI=1S/C37H49N3O9Si/c1-24-34(50(4,5)28-14-12-27(46-2)13-15-28)31(22-32(42)38-18-8-9-26(38)23-41)49-37(24)29-21-25(39-19-20-48-36(39)45)11-16-30(29)40(35(37)44)17-7-6-10-33(43)47-3/h11-16,21,24,26,31,34,41H,6-10,17-20,22-23H2,1-5H3/t24-,26-,31+,34-,37+/m0/s1. The second-order valence-electron chi connectivity index (χ2n) is 14.4. The molecule has 0 saturated carbocycles. The van der Waals surface area contributed by atoms with E-state index in [9.17, 15) is 19.5 Å². The van der Waals surface area contributed by atoms with E-state index in [1.54, 1.807) is 21.8 Å². The van der Waals surface area contributed by atoms with Crippen LogP contribution in [0.2, 0.25) is 18.6 Å². The predicted octanol–water partition coefficient (Wildman–Crippen LogP) is 3.93. The molecule has 0 bridgehead atoms. The molecule has 50 heavy (non-hydrogen) atoms. The molecule has 5 atom stereocenters. The molecule has 4 heterocycles. The average Bonchev–Trinajstić information content (AvgIpc) is 3.89. The van der Waals surface area contributed by atoms with Crippen molar-refractivity contribution in [1.29, 1.82) is 0 Å². The number of rotatable bonds is 12. The number of hydrogen-bond donors (Lipinski definition) is 1. The van der Waals surface area contributed by atoms with E-state index in [4.69, 9.17) is 18.9 Å². The number of nitrogens with zero attached hydrogens (tertiary/aromatic N) is 3. The topological polar surface area (TPSA) is 135 Å². The van der Waals surface area contributed by atoms with E-state index in [2.05, 4.69) is 32.2 Å². The van der Waals surface area contributed by atoms with Crippen molar-refractivity contribution in [3.05, 3.63) is 48.0 Å². The van der Waals surface area contributed by atoms with Crippen LogP contribution in [0.25, 0.3) is 0 Å². The number of aliphatic hydroxyl groups is 1. The van der Waals surface area contributed by atoms with Crippen LogP contribution in [0, 0.1) is 5.92 Å². The number of hydrogen-bond acceptors (Lipinski definition) is 9. The molecular formula is C37H49N3O9Si. The van der Waals surface area contributed by atoms with E-state index in [0.717, 1.165) is 23.8 Å². The molecule has 0 aliphatic carbocycles. The number of cyclic esters (lactones) is 1. The number of anilines is 2. The van der Waals surface area contributed by atoms with Crippen molar-refractivity contribution in [3.63, 3.8) is 0 Å². The van der Waals surface area contributed by atoms with Gasteiger partial charge in [0.2, 0.25) is 5.91 Å². The molecule has 0 unspecified atom stereocenters. The van der Waals surface area contributed by atoms with Gasteiger partial charge in [0.15, 0.2) is 5.60 Å². The molecule has 0 radical (unpaired) electrons. The third kappa shape index (κ3) is 6.17. The van der Waals surface area contributed by atoms with Gasteiger partial charge in [0.05, 0.1) is 59.7 Å². The molecule has 0 aromatic heterocycles. The quantitative estimate of drug-likeness (QED) is 0.198. The number of aliphatic hydroxyl groups excluding tert-OH is 1. The summed E-state index contributed by atoms with van der Waals surface area (Å²) in [5, 5.41) is 11.2. The van der Waals surface area contributed by atoms with E-state index < -0.39 is 25.9 Å². The van der Waals surface area contributed by atoms with Crippen LogP contribution in [0.5, 0.6) is 5.75 Å². The zero-order valence-electron chi connectivity index (χ0n) is 29.7. The van der Waals surface area contributed by atoms with Gasteiger partial charge in [-0.1, -0.05) is 37.3 Å². The Morgan fingerprint density at radius 1 is 1.06 bits per heavy atom. The van der Waals surface area contributed by atoms with Gasteiger partial charge < -0.3 is 33.9 Å². The molecule has 6 rings (SSSR count). The van der Waals surface area contributed by atoms with Gasteiger partial charge in [0.1, 0.15) is 12.4 Å². The van der Waals surface area contributed by atoms with E-state index in [-0.39, 0.29) is 61.3 Å². The lowest BCUT2D eigenvalue weighted by Crippen LogP contribution is -2.52. The fourth-order valence-electron chi connectivity index (χ4n) is 8.80. The van der Waals surface area contributed by atoms with Gasteiger partial charge in [0.25, 0.3) is 5.91 Å². The van der Waals surface area contributed by atoms with Crippen molar-refractivity contribution in [2.45, 2.75) is 81.8 Å². The summed E-state index contributed by atoms with van der Waals surface area (Å²) < 4.78 is 22.7. The number of amides is 3. The van der Waals surface area contributed by atoms with Crippen LogP contribution in [0.4, 0.5) is 16.2 Å². The highest BCUT2D eigenvalue weighted by Gasteiger charge is 2.66. The third-order valence-electron chi connectivity index (χ3n) is 11.4. The Labute approximate surface area is 294 Å². The fraction of sp³-hybridized carbons (Fsp3) is 0.568. The van der Waals surface area contributed by atoms with Gasteiger partial charge in [-0.25, -0.2) is 4.79 Å². The molecule has 2 aromatic carbocycles. The van der Waals surface area contributed by atoms with Crippen molar-refractivity contribution in [2.24, 2.45) is 5.92 Å². The molecule has 3 amide bonds. The van der Waals surface area contributed by atoms with E-state index in [1.807, 2.05) is 30.3 Å². The van der Waals surface area contributed by atoms with E-state index >= 15 is 4.79 Å². The van der Waals surface area contributed by atoms with Crippen molar-refractivity contribution < 1.29 is 43.2 Å². The van der Waals surface area contributed by atoms with Crippen molar-refractivity contribution in [2.75, 3.05) is 56.9 Å². The number of carbonyl (C=O) groups is 4. The first kappa shape index (κ1) is 35.9. The summed E-state index contributed by atoms with van der Waals surface area (Å²) in [6, 6.07) is 13.4. The Bertz CT molecular complexity index is 1620. The van der Waals surface area contributed by atoms with Crippen molar-refractivity contribution in [1.82, 2.24) is 4.90 Å². The number of likely N-dealkylation sites (tertiary alicyclic amines) is 1. The summed E-state index contributed by atoms with van der Waals surface area (Å²) in [7, 11) is 0.483.